The Morgan fingerprint density at radius 1 is 1.17 bits per heavy atom. The number of amides is 3. The van der Waals surface area contributed by atoms with Crippen molar-refractivity contribution in [2.45, 2.75) is 63.2 Å². The second-order valence-electron chi connectivity index (χ2n) is 6.78. The number of carbonyl (C=O) groups excluding carboxylic acids is 2. The molecule has 0 spiro atoms. The smallest absolute Gasteiger partial charge is 0.314 e. The second-order valence-corrected chi connectivity index (χ2v) is 7.81. The molecular weight excluding hydrogens is 310 g/mol. The molecule has 5 nitrogen and oxygen atoms in total. The molecule has 3 heterocycles. The number of carbonyl (C=O) groups is 2. The Morgan fingerprint density at radius 2 is 2.00 bits per heavy atom. The number of rotatable bonds is 3. The van der Waals surface area contributed by atoms with E-state index >= 15 is 0 Å². The van der Waals surface area contributed by atoms with E-state index in [2.05, 4.69) is 11.4 Å². The minimum absolute atomic E-state index is 0.00632. The standard InChI is InChI=1S/C17H23N3O2S/c21-16-15-14(8-9-18-15)19(11-13-7-4-10-23-13)17(22)20(16)12-5-2-1-3-6-12/h4,7,10,12,14-15,18H,1-3,5-6,8-9,11H2. The average molecular weight is 333 g/mol. The van der Waals surface area contributed by atoms with Crippen LogP contribution >= 0.6 is 11.3 Å². The second kappa shape index (κ2) is 6.24. The van der Waals surface area contributed by atoms with Gasteiger partial charge in [-0.25, -0.2) is 4.79 Å². The minimum atomic E-state index is -0.213. The number of urea groups is 1. The molecule has 4 rings (SSSR count). The number of hydrogen-bond donors (Lipinski definition) is 1. The Labute approximate surface area is 140 Å². The van der Waals surface area contributed by atoms with Gasteiger partial charge in [0.05, 0.1) is 12.6 Å². The SMILES string of the molecule is O=C1C2NCCC2N(Cc2cccs2)C(=O)N1C1CCCCC1. The van der Waals surface area contributed by atoms with Crippen LogP contribution < -0.4 is 5.32 Å². The van der Waals surface area contributed by atoms with E-state index in [1.54, 1.807) is 16.2 Å². The molecule has 2 unspecified atom stereocenters. The molecule has 3 amide bonds. The summed E-state index contributed by atoms with van der Waals surface area (Å²) >= 11 is 1.67. The van der Waals surface area contributed by atoms with Gasteiger partial charge in [0.15, 0.2) is 0 Å². The van der Waals surface area contributed by atoms with Crippen LogP contribution in [-0.2, 0) is 11.3 Å². The first-order valence-electron chi connectivity index (χ1n) is 8.65. The third kappa shape index (κ3) is 2.68. The molecule has 0 radical (unpaired) electrons. The monoisotopic (exact) mass is 333 g/mol. The van der Waals surface area contributed by atoms with Gasteiger partial charge in [-0.05, 0) is 37.3 Å². The van der Waals surface area contributed by atoms with Gasteiger partial charge in [-0.2, -0.15) is 0 Å². The summed E-state index contributed by atoms with van der Waals surface area (Å²) in [5, 5.41) is 5.37. The summed E-state index contributed by atoms with van der Waals surface area (Å²) in [4.78, 5) is 30.7. The fraction of sp³-hybridized carbons (Fsp3) is 0.647. The molecule has 2 atom stereocenters. The molecule has 1 aromatic rings. The van der Waals surface area contributed by atoms with Crippen molar-refractivity contribution in [2.75, 3.05) is 6.54 Å². The summed E-state index contributed by atoms with van der Waals surface area (Å²) in [6, 6.07) is 3.91. The number of nitrogens with one attached hydrogen (secondary N) is 1. The summed E-state index contributed by atoms with van der Waals surface area (Å²) in [6.45, 7) is 1.43. The fourth-order valence-corrected chi connectivity index (χ4v) is 4.93. The van der Waals surface area contributed by atoms with E-state index in [1.807, 2.05) is 16.3 Å². The number of fused-ring (bicyclic) bond motifs is 1. The van der Waals surface area contributed by atoms with Gasteiger partial charge in [-0.1, -0.05) is 25.3 Å². The topological polar surface area (TPSA) is 52.7 Å². The highest BCUT2D eigenvalue weighted by Gasteiger charge is 2.50. The van der Waals surface area contributed by atoms with Crippen molar-refractivity contribution in [3.63, 3.8) is 0 Å². The molecule has 1 aliphatic carbocycles. The van der Waals surface area contributed by atoms with E-state index in [1.165, 1.54) is 11.3 Å². The van der Waals surface area contributed by atoms with Crippen LogP contribution in [0.2, 0.25) is 0 Å². The van der Waals surface area contributed by atoms with Crippen LogP contribution in [0.3, 0.4) is 0 Å². The Balaban J connectivity index is 1.61. The van der Waals surface area contributed by atoms with E-state index in [-0.39, 0.29) is 30.1 Å². The van der Waals surface area contributed by atoms with Crippen molar-refractivity contribution in [2.24, 2.45) is 0 Å². The summed E-state index contributed by atoms with van der Waals surface area (Å²) in [6.07, 6.45) is 6.24. The summed E-state index contributed by atoms with van der Waals surface area (Å²) in [7, 11) is 0. The van der Waals surface area contributed by atoms with Crippen molar-refractivity contribution in [3.05, 3.63) is 22.4 Å². The predicted octanol–water partition coefficient (Wildman–Crippen LogP) is 2.58. The van der Waals surface area contributed by atoms with Gasteiger partial charge in [0.2, 0.25) is 5.91 Å². The number of nitrogens with zero attached hydrogens (tertiary/aromatic N) is 2. The molecule has 2 saturated heterocycles. The third-order valence-electron chi connectivity index (χ3n) is 5.39. The molecule has 3 fully saturated rings. The Hall–Kier alpha value is -1.40. The zero-order chi connectivity index (χ0) is 15.8. The predicted molar refractivity (Wildman–Crippen MR) is 89.2 cm³/mol. The molecule has 6 heteroatoms. The molecule has 2 aliphatic heterocycles. The molecule has 124 valence electrons. The maximum absolute atomic E-state index is 13.1. The summed E-state index contributed by atoms with van der Waals surface area (Å²) in [5.41, 5.74) is 0. The Morgan fingerprint density at radius 3 is 2.74 bits per heavy atom. The molecule has 3 aliphatic rings. The van der Waals surface area contributed by atoms with E-state index in [0.29, 0.717) is 6.54 Å². The Bertz CT molecular complexity index is 583. The third-order valence-corrected chi connectivity index (χ3v) is 6.25. The highest BCUT2D eigenvalue weighted by atomic mass is 32.1. The van der Waals surface area contributed by atoms with Crippen LogP contribution in [0.15, 0.2) is 17.5 Å². The molecule has 0 bridgehead atoms. The van der Waals surface area contributed by atoms with Crippen LogP contribution in [-0.4, -0.2) is 46.4 Å². The highest BCUT2D eigenvalue weighted by Crippen LogP contribution is 2.32. The van der Waals surface area contributed by atoms with E-state index in [4.69, 9.17) is 0 Å². The molecule has 1 N–H and O–H groups in total. The van der Waals surface area contributed by atoms with Gasteiger partial charge >= 0.3 is 6.03 Å². The first kappa shape index (κ1) is 15.1. The lowest BCUT2D eigenvalue weighted by atomic mass is 9.92. The number of imide groups is 1. The van der Waals surface area contributed by atoms with E-state index < -0.39 is 0 Å². The van der Waals surface area contributed by atoms with E-state index in [9.17, 15) is 9.59 Å². The molecule has 23 heavy (non-hydrogen) atoms. The van der Waals surface area contributed by atoms with Crippen molar-refractivity contribution in [3.8, 4) is 0 Å². The van der Waals surface area contributed by atoms with Crippen LogP contribution in [0.5, 0.6) is 0 Å². The van der Waals surface area contributed by atoms with Crippen LogP contribution in [0.4, 0.5) is 4.79 Å². The zero-order valence-corrected chi connectivity index (χ0v) is 14.1. The van der Waals surface area contributed by atoms with Gasteiger partial charge in [-0.3, -0.25) is 9.69 Å². The summed E-state index contributed by atoms with van der Waals surface area (Å²) in [5.74, 6) is 0.00632. The van der Waals surface area contributed by atoms with Gasteiger partial charge in [-0.15, -0.1) is 11.3 Å². The lowest BCUT2D eigenvalue weighted by Crippen LogP contribution is -2.66. The highest BCUT2D eigenvalue weighted by molar-refractivity contribution is 7.09. The maximum Gasteiger partial charge on any atom is 0.327 e. The molecular formula is C17H23N3O2S. The molecule has 1 aromatic heterocycles. The molecule has 1 saturated carbocycles. The average Bonchev–Trinajstić information content (AvgIpc) is 3.24. The van der Waals surface area contributed by atoms with Crippen molar-refractivity contribution < 1.29 is 9.59 Å². The van der Waals surface area contributed by atoms with Gasteiger partial charge in [0.1, 0.15) is 6.04 Å². The minimum Gasteiger partial charge on any atom is -0.314 e. The normalized spacial score (nSPS) is 29.2. The van der Waals surface area contributed by atoms with Crippen molar-refractivity contribution in [1.82, 2.24) is 15.1 Å². The van der Waals surface area contributed by atoms with Gasteiger partial charge in [0.25, 0.3) is 0 Å². The van der Waals surface area contributed by atoms with Crippen LogP contribution in [0.1, 0.15) is 43.4 Å². The first-order valence-corrected chi connectivity index (χ1v) is 9.53. The van der Waals surface area contributed by atoms with Gasteiger partial charge in [0, 0.05) is 10.9 Å². The van der Waals surface area contributed by atoms with Gasteiger partial charge < -0.3 is 10.2 Å². The number of thiophene rings is 1. The lowest BCUT2D eigenvalue weighted by Gasteiger charge is -2.45. The first-order chi connectivity index (χ1) is 11.3. The van der Waals surface area contributed by atoms with E-state index in [0.717, 1.165) is 38.6 Å². The lowest BCUT2D eigenvalue weighted by molar-refractivity contribution is -0.137. The van der Waals surface area contributed by atoms with Crippen LogP contribution in [0.25, 0.3) is 0 Å². The quantitative estimate of drug-likeness (QED) is 0.925. The van der Waals surface area contributed by atoms with Crippen LogP contribution in [0, 0.1) is 0 Å². The Kier molecular flexibility index (Phi) is 4.11. The summed E-state index contributed by atoms with van der Waals surface area (Å²) < 4.78 is 0. The molecule has 0 aromatic carbocycles. The fourth-order valence-electron chi connectivity index (χ4n) is 4.23. The number of hydrogen-bond acceptors (Lipinski definition) is 4. The van der Waals surface area contributed by atoms with Crippen molar-refractivity contribution in [1.29, 1.82) is 0 Å². The maximum atomic E-state index is 13.1. The van der Waals surface area contributed by atoms with Crippen molar-refractivity contribution >= 4 is 23.3 Å². The largest absolute Gasteiger partial charge is 0.327 e. The zero-order valence-electron chi connectivity index (χ0n) is 13.2.